The van der Waals surface area contributed by atoms with Crippen LogP contribution >= 0.6 is 0 Å². The molecule has 1 saturated heterocycles. The molecule has 2 aromatic rings. The zero-order chi connectivity index (χ0) is 18.7. The number of carbonyl (C=O) groups is 1. The van der Waals surface area contributed by atoms with Gasteiger partial charge in [0.05, 0.1) is 0 Å². The van der Waals surface area contributed by atoms with Gasteiger partial charge in [-0.3, -0.25) is 4.79 Å². The van der Waals surface area contributed by atoms with Crippen LogP contribution in [-0.2, 0) is 11.2 Å². The Kier molecular flexibility index (Phi) is 5.76. The lowest BCUT2D eigenvalue weighted by Crippen LogP contribution is -2.36. The van der Waals surface area contributed by atoms with Gasteiger partial charge in [-0.05, 0) is 37.3 Å². The van der Waals surface area contributed by atoms with Crippen molar-refractivity contribution in [3.05, 3.63) is 34.9 Å². The third kappa shape index (κ3) is 3.98. The molecule has 0 unspecified atom stereocenters. The van der Waals surface area contributed by atoms with Crippen LogP contribution in [0.15, 0.2) is 15.0 Å². The van der Waals surface area contributed by atoms with Crippen molar-refractivity contribution in [2.75, 3.05) is 13.2 Å². The van der Waals surface area contributed by atoms with Gasteiger partial charge in [-0.15, -0.1) is 0 Å². The molecule has 3 heterocycles. The first-order valence-corrected chi connectivity index (χ1v) is 9.31. The van der Waals surface area contributed by atoms with E-state index in [0.29, 0.717) is 30.7 Å². The van der Waals surface area contributed by atoms with E-state index in [9.17, 15) is 4.79 Å². The van der Waals surface area contributed by atoms with E-state index in [1.807, 2.05) is 27.7 Å². The topological polar surface area (TPSA) is 90.4 Å². The molecule has 0 bridgehead atoms. The monoisotopic (exact) mass is 361 g/mol. The summed E-state index contributed by atoms with van der Waals surface area (Å²) in [6, 6.07) is 1.43. The summed E-state index contributed by atoms with van der Waals surface area (Å²) in [6.45, 7) is 9.31. The van der Waals surface area contributed by atoms with Gasteiger partial charge < -0.3 is 19.0 Å². The third-order valence-corrected chi connectivity index (χ3v) is 4.83. The van der Waals surface area contributed by atoms with Crippen molar-refractivity contribution in [2.45, 2.75) is 58.9 Å². The molecule has 1 atom stereocenters. The van der Waals surface area contributed by atoms with E-state index in [4.69, 9.17) is 13.7 Å². The number of hydrogen-bond donors (Lipinski definition) is 1. The van der Waals surface area contributed by atoms with Gasteiger partial charge in [-0.25, -0.2) is 0 Å². The standard InChI is InChI=1S/C19H27N3O4/c1-5-14-12(4)10-15(25-14)18(23)20-16(13-6-8-24-9-7-13)19-21-17(11(2)3)22-26-19/h10-11,13,16H,5-9H2,1-4H3,(H,20,23)/t16-/m0/s1. The highest BCUT2D eigenvalue weighted by Gasteiger charge is 2.32. The molecule has 1 fully saturated rings. The summed E-state index contributed by atoms with van der Waals surface area (Å²) in [5.41, 5.74) is 0.986. The number of nitrogens with one attached hydrogen (secondary N) is 1. The SMILES string of the molecule is CCc1oc(C(=O)N[C@H](c2nc(C(C)C)no2)C2CCOCC2)cc1C. The Bertz CT molecular complexity index is 744. The van der Waals surface area contributed by atoms with Gasteiger partial charge in [0, 0.05) is 25.6 Å². The molecule has 1 N–H and O–H groups in total. The van der Waals surface area contributed by atoms with Gasteiger partial charge in [0.1, 0.15) is 11.8 Å². The van der Waals surface area contributed by atoms with Crippen LogP contribution in [0.25, 0.3) is 0 Å². The lowest BCUT2D eigenvalue weighted by Gasteiger charge is -2.28. The van der Waals surface area contributed by atoms with Gasteiger partial charge in [-0.2, -0.15) is 4.98 Å². The highest BCUT2D eigenvalue weighted by atomic mass is 16.5. The van der Waals surface area contributed by atoms with Crippen molar-refractivity contribution in [3.63, 3.8) is 0 Å². The van der Waals surface area contributed by atoms with Gasteiger partial charge in [0.15, 0.2) is 11.6 Å². The predicted octanol–water partition coefficient (Wildman–Crippen LogP) is 3.55. The highest BCUT2D eigenvalue weighted by Crippen LogP contribution is 2.30. The van der Waals surface area contributed by atoms with Crippen LogP contribution in [0.1, 0.15) is 79.2 Å². The number of aryl methyl sites for hydroxylation is 2. The minimum absolute atomic E-state index is 0.165. The van der Waals surface area contributed by atoms with E-state index >= 15 is 0 Å². The summed E-state index contributed by atoms with van der Waals surface area (Å²) in [5.74, 6) is 2.35. The molecule has 2 aromatic heterocycles. The number of amides is 1. The average Bonchev–Trinajstić information content (AvgIpc) is 3.27. The molecule has 0 saturated carbocycles. The van der Waals surface area contributed by atoms with Crippen molar-refractivity contribution >= 4 is 5.91 Å². The van der Waals surface area contributed by atoms with Crippen LogP contribution < -0.4 is 5.32 Å². The molecule has 1 aliphatic heterocycles. The predicted molar refractivity (Wildman–Crippen MR) is 95.0 cm³/mol. The van der Waals surface area contributed by atoms with Crippen LogP contribution in [0.2, 0.25) is 0 Å². The van der Waals surface area contributed by atoms with E-state index in [0.717, 1.165) is 30.6 Å². The van der Waals surface area contributed by atoms with Crippen molar-refractivity contribution in [2.24, 2.45) is 5.92 Å². The zero-order valence-electron chi connectivity index (χ0n) is 15.9. The molecule has 7 nitrogen and oxygen atoms in total. The molecule has 1 amide bonds. The highest BCUT2D eigenvalue weighted by molar-refractivity contribution is 5.92. The summed E-state index contributed by atoms with van der Waals surface area (Å²) in [5, 5.41) is 7.10. The van der Waals surface area contributed by atoms with Gasteiger partial charge in [0.25, 0.3) is 5.91 Å². The first-order valence-electron chi connectivity index (χ1n) is 9.31. The van der Waals surface area contributed by atoms with Crippen LogP contribution in [-0.4, -0.2) is 29.3 Å². The van der Waals surface area contributed by atoms with E-state index < -0.39 is 0 Å². The van der Waals surface area contributed by atoms with Crippen LogP contribution in [0.5, 0.6) is 0 Å². The average molecular weight is 361 g/mol. The first kappa shape index (κ1) is 18.6. The number of hydrogen-bond acceptors (Lipinski definition) is 6. The Balaban J connectivity index is 1.83. The van der Waals surface area contributed by atoms with Crippen LogP contribution in [0.4, 0.5) is 0 Å². The molecule has 0 spiro atoms. The maximum Gasteiger partial charge on any atom is 0.287 e. The third-order valence-electron chi connectivity index (χ3n) is 4.83. The Labute approximate surface area is 153 Å². The largest absolute Gasteiger partial charge is 0.456 e. The van der Waals surface area contributed by atoms with Crippen molar-refractivity contribution in [1.29, 1.82) is 0 Å². The number of carbonyl (C=O) groups excluding carboxylic acids is 1. The number of rotatable bonds is 6. The summed E-state index contributed by atoms with van der Waals surface area (Å²) in [4.78, 5) is 17.3. The Hall–Kier alpha value is -2.15. The molecule has 3 rings (SSSR count). The lowest BCUT2D eigenvalue weighted by molar-refractivity contribution is 0.0463. The van der Waals surface area contributed by atoms with Gasteiger partial charge in [-0.1, -0.05) is 25.9 Å². The fraction of sp³-hybridized carbons (Fsp3) is 0.632. The van der Waals surface area contributed by atoms with E-state index in [1.165, 1.54) is 0 Å². The van der Waals surface area contributed by atoms with E-state index in [1.54, 1.807) is 6.07 Å². The Morgan fingerprint density at radius 2 is 2.08 bits per heavy atom. The fourth-order valence-electron chi connectivity index (χ4n) is 3.23. The fourth-order valence-corrected chi connectivity index (χ4v) is 3.23. The molecule has 7 heteroatoms. The molecule has 0 aliphatic carbocycles. The van der Waals surface area contributed by atoms with Crippen molar-refractivity contribution in [3.8, 4) is 0 Å². The van der Waals surface area contributed by atoms with Crippen molar-refractivity contribution in [1.82, 2.24) is 15.5 Å². The number of furan rings is 1. The van der Waals surface area contributed by atoms with Crippen LogP contribution in [0.3, 0.4) is 0 Å². The summed E-state index contributed by atoms with van der Waals surface area (Å²) >= 11 is 0. The van der Waals surface area contributed by atoms with E-state index in [-0.39, 0.29) is 23.8 Å². The quantitative estimate of drug-likeness (QED) is 0.846. The molecule has 0 aromatic carbocycles. The Morgan fingerprint density at radius 1 is 1.35 bits per heavy atom. The number of aromatic nitrogens is 2. The minimum Gasteiger partial charge on any atom is -0.456 e. The van der Waals surface area contributed by atoms with Crippen molar-refractivity contribution < 1.29 is 18.5 Å². The molecular formula is C19H27N3O4. The molecular weight excluding hydrogens is 334 g/mol. The summed E-state index contributed by atoms with van der Waals surface area (Å²) in [7, 11) is 0. The number of ether oxygens (including phenoxy) is 1. The van der Waals surface area contributed by atoms with E-state index in [2.05, 4.69) is 15.5 Å². The maximum atomic E-state index is 12.8. The molecule has 26 heavy (non-hydrogen) atoms. The Morgan fingerprint density at radius 3 is 2.65 bits per heavy atom. The number of nitrogens with zero attached hydrogens (tertiary/aromatic N) is 2. The second-order valence-corrected chi connectivity index (χ2v) is 7.12. The molecule has 1 aliphatic rings. The summed E-state index contributed by atoms with van der Waals surface area (Å²) in [6.07, 6.45) is 2.42. The van der Waals surface area contributed by atoms with Gasteiger partial charge >= 0.3 is 0 Å². The summed E-state index contributed by atoms with van der Waals surface area (Å²) < 4.78 is 16.6. The molecule has 0 radical (unpaired) electrons. The minimum atomic E-state index is -0.345. The zero-order valence-corrected chi connectivity index (χ0v) is 15.9. The maximum absolute atomic E-state index is 12.8. The second-order valence-electron chi connectivity index (χ2n) is 7.12. The second kappa shape index (κ2) is 8.03. The van der Waals surface area contributed by atoms with Gasteiger partial charge in [0.2, 0.25) is 5.89 Å². The lowest BCUT2D eigenvalue weighted by atomic mass is 9.91. The first-order chi connectivity index (χ1) is 12.5. The van der Waals surface area contributed by atoms with Crippen LogP contribution in [0, 0.1) is 12.8 Å². The normalized spacial score (nSPS) is 16.8. The smallest absolute Gasteiger partial charge is 0.287 e. The molecule has 142 valence electrons.